The smallest absolute Gasteiger partial charge is 0.168 e. The predicted octanol–water partition coefficient (Wildman–Crippen LogP) is 10.1. The fourth-order valence-electron chi connectivity index (χ4n) is 5.22. The molecule has 0 aliphatic rings. The van der Waals surface area contributed by atoms with Gasteiger partial charge in [-0.1, -0.05) is 129 Å². The highest BCUT2D eigenvalue weighted by Crippen LogP contribution is 2.32. The van der Waals surface area contributed by atoms with Gasteiger partial charge in [0.2, 0.25) is 0 Å². The Hall–Kier alpha value is -0.570. The second-order valence-corrected chi connectivity index (χ2v) is 14.4. The van der Waals surface area contributed by atoms with Crippen LogP contribution in [0.2, 0.25) is 0 Å². The Morgan fingerprint density at radius 2 is 0.975 bits per heavy atom. The lowest BCUT2D eigenvalue weighted by atomic mass is 10.0. The first-order chi connectivity index (χ1) is 19.2. The van der Waals surface area contributed by atoms with E-state index in [-0.39, 0.29) is 25.7 Å². The SMILES string of the molecule is CCCCCCCC/C=C\CCCCCCCC(=O)PC(C(O)C(=O)CCCCCCCCCCC)[N+](C)(C)C. The lowest BCUT2D eigenvalue weighted by Crippen LogP contribution is -2.52. The zero-order valence-electron chi connectivity index (χ0n) is 27.5. The van der Waals surface area contributed by atoms with Gasteiger partial charge < -0.3 is 9.59 Å². The molecule has 5 heteroatoms. The van der Waals surface area contributed by atoms with Crippen LogP contribution in [-0.2, 0) is 9.59 Å². The number of nitrogens with zero attached hydrogens (tertiary/aromatic N) is 1. The molecule has 3 atom stereocenters. The average molecular weight is 583 g/mol. The Morgan fingerprint density at radius 3 is 1.40 bits per heavy atom. The molecule has 0 heterocycles. The van der Waals surface area contributed by atoms with E-state index in [1.807, 2.05) is 21.1 Å². The Kier molecular flexibility index (Phi) is 26.9. The van der Waals surface area contributed by atoms with Crippen LogP contribution in [0.3, 0.4) is 0 Å². The van der Waals surface area contributed by atoms with Crippen LogP contribution < -0.4 is 0 Å². The van der Waals surface area contributed by atoms with Crippen molar-refractivity contribution in [2.45, 2.75) is 180 Å². The van der Waals surface area contributed by atoms with Gasteiger partial charge in [0.25, 0.3) is 0 Å². The number of rotatable bonds is 30. The number of carbonyl (C=O) groups excluding carboxylic acids is 2. The van der Waals surface area contributed by atoms with Crippen LogP contribution in [0.15, 0.2) is 12.2 Å². The summed E-state index contributed by atoms with van der Waals surface area (Å²) in [5, 5.41) is 10.9. The highest BCUT2D eigenvalue weighted by atomic mass is 31.1. The first kappa shape index (κ1) is 39.4. The molecule has 0 bridgehead atoms. The number of quaternary nitrogens is 1. The standard InChI is InChI=1S/C35H69NO3P/c1-6-8-10-12-14-16-17-18-19-20-21-23-25-27-29-31-33(38)40-35(36(3,4)5)34(39)32(37)30-28-26-24-22-15-13-11-9-7-2/h18-19,34-35,39-40H,6-17,20-31H2,1-5H3/q+1/b19-18-. The molecule has 0 aliphatic heterocycles. The second-order valence-electron chi connectivity index (χ2n) is 13.0. The summed E-state index contributed by atoms with van der Waals surface area (Å²) in [6.07, 6.45) is 31.8. The number of Topliss-reactive ketones (excluding diaryl/α,β-unsaturated/α-hetero) is 1. The van der Waals surface area contributed by atoms with Crippen molar-refractivity contribution in [1.82, 2.24) is 0 Å². The van der Waals surface area contributed by atoms with E-state index in [1.54, 1.807) is 0 Å². The van der Waals surface area contributed by atoms with E-state index in [1.165, 1.54) is 116 Å². The number of unbranched alkanes of at least 4 members (excludes halogenated alkanes) is 19. The molecule has 236 valence electrons. The van der Waals surface area contributed by atoms with E-state index in [0.717, 1.165) is 25.7 Å². The molecule has 0 fully saturated rings. The summed E-state index contributed by atoms with van der Waals surface area (Å²) in [5.74, 6) is -0.413. The van der Waals surface area contributed by atoms with Crippen molar-refractivity contribution in [3.05, 3.63) is 12.2 Å². The molecule has 0 radical (unpaired) electrons. The molecule has 0 aromatic heterocycles. The van der Waals surface area contributed by atoms with Gasteiger partial charge in [-0.15, -0.1) is 0 Å². The summed E-state index contributed by atoms with van der Waals surface area (Å²) in [4.78, 5) is 25.5. The first-order valence-corrected chi connectivity index (χ1v) is 18.3. The van der Waals surface area contributed by atoms with Crippen molar-refractivity contribution in [2.24, 2.45) is 0 Å². The molecule has 3 unspecified atom stereocenters. The number of carbonyl (C=O) groups is 2. The van der Waals surface area contributed by atoms with Crippen molar-refractivity contribution >= 4 is 19.9 Å². The summed E-state index contributed by atoms with van der Waals surface area (Å²) < 4.78 is 0.446. The molecule has 40 heavy (non-hydrogen) atoms. The van der Waals surface area contributed by atoms with Crippen molar-refractivity contribution in [3.8, 4) is 0 Å². The number of hydrogen-bond acceptors (Lipinski definition) is 3. The second kappa shape index (κ2) is 27.3. The molecule has 1 N–H and O–H groups in total. The fourth-order valence-corrected chi connectivity index (χ4v) is 6.61. The molecular formula is C35H69NO3P+. The third kappa shape index (κ3) is 24.1. The number of hydrogen-bond donors (Lipinski definition) is 1. The number of aliphatic hydroxyl groups excluding tert-OH is 1. The van der Waals surface area contributed by atoms with Crippen molar-refractivity contribution in [1.29, 1.82) is 0 Å². The van der Waals surface area contributed by atoms with Gasteiger partial charge in [-0.2, -0.15) is 0 Å². The van der Waals surface area contributed by atoms with E-state index >= 15 is 0 Å². The minimum atomic E-state index is -1.04. The molecule has 4 nitrogen and oxygen atoms in total. The Morgan fingerprint density at radius 1 is 0.600 bits per heavy atom. The largest absolute Gasteiger partial charge is 0.379 e. The third-order valence-corrected chi connectivity index (χ3v) is 9.92. The maximum atomic E-state index is 12.8. The normalized spacial score (nSPS) is 13.9. The summed E-state index contributed by atoms with van der Waals surface area (Å²) in [6, 6.07) is 0. The van der Waals surface area contributed by atoms with E-state index in [2.05, 4.69) is 26.0 Å². The fraction of sp³-hybridized carbons (Fsp3) is 0.886. The number of aliphatic hydroxyl groups is 1. The summed E-state index contributed by atoms with van der Waals surface area (Å²) in [6.45, 7) is 4.51. The van der Waals surface area contributed by atoms with Gasteiger partial charge in [-0.25, -0.2) is 0 Å². The van der Waals surface area contributed by atoms with Gasteiger partial charge >= 0.3 is 0 Å². The van der Waals surface area contributed by atoms with Crippen LogP contribution in [0.1, 0.15) is 168 Å². The minimum Gasteiger partial charge on any atom is -0.379 e. The van der Waals surface area contributed by atoms with Gasteiger partial charge in [-0.3, -0.25) is 9.59 Å². The third-order valence-electron chi connectivity index (χ3n) is 7.96. The van der Waals surface area contributed by atoms with Gasteiger partial charge in [0.05, 0.1) is 21.1 Å². The molecule has 0 saturated carbocycles. The zero-order chi connectivity index (χ0) is 29.9. The monoisotopic (exact) mass is 583 g/mol. The molecule has 0 rings (SSSR count). The average Bonchev–Trinajstić information content (AvgIpc) is 2.91. The Balaban J connectivity index is 4.01. The molecule has 0 aromatic carbocycles. The maximum Gasteiger partial charge on any atom is 0.168 e. The van der Waals surface area contributed by atoms with Gasteiger partial charge in [0.1, 0.15) is 5.78 Å². The van der Waals surface area contributed by atoms with Crippen molar-refractivity contribution < 1.29 is 19.2 Å². The number of likely N-dealkylation sites (N-methyl/N-ethyl adjacent to an activating group) is 1. The minimum absolute atomic E-state index is 0.00923. The Bertz CT molecular complexity index is 629. The molecule has 0 saturated heterocycles. The summed E-state index contributed by atoms with van der Waals surface area (Å²) >= 11 is 0. The topological polar surface area (TPSA) is 54.4 Å². The van der Waals surface area contributed by atoms with Gasteiger partial charge in [-0.05, 0) is 38.5 Å². The van der Waals surface area contributed by atoms with Gasteiger partial charge in [0, 0.05) is 21.4 Å². The Labute approximate surface area is 251 Å². The highest BCUT2D eigenvalue weighted by Gasteiger charge is 2.37. The van der Waals surface area contributed by atoms with Crippen LogP contribution >= 0.6 is 8.58 Å². The quantitative estimate of drug-likeness (QED) is 0.0397. The maximum absolute atomic E-state index is 12.8. The molecule has 0 aliphatic carbocycles. The van der Waals surface area contributed by atoms with Gasteiger partial charge in [0.15, 0.2) is 17.4 Å². The molecule has 0 spiro atoms. The van der Waals surface area contributed by atoms with Crippen LogP contribution in [0.25, 0.3) is 0 Å². The van der Waals surface area contributed by atoms with Crippen molar-refractivity contribution in [2.75, 3.05) is 21.1 Å². The van der Waals surface area contributed by atoms with E-state index in [9.17, 15) is 14.7 Å². The highest BCUT2D eigenvalue weighted by molar-refractivity contribution is 7.58. The summed E-state index contributed by atoms with van der Waals surface area (Å²) in [5.41, 5.74) is 0.214. The van der Waals surface area contributed by atoms with Crippen molar-refractivity contribution in [3.63, 3.8) is 0 Å². The van der Waals surface area contributed by atoms with Crippen LogP contribution in [0.5, 0.6) is 0 Å². The lowest BCUT2D eigenvalue weighted by Gasteiger charge is -2.36. The van der Waals surface area contributed by atoms with E-state index < -0.39 is 6.10 Å². The molecular weight excluding hydrogens is 513 g/mol. The lowest BCUT2D eigenvalue weighted by molar-refractivity contribution is -0.883. The van der Waals surface area contributed by atoms with Crippen LogP contribution in [0.4, 0.5) is 0 Å². The van der Waals surface area contributed by atoms with Crippen LogP contribution in [-0.4, -0.2) is 53.9 Å². The van der Waals surface area contributed by atoms with Crippen LogP contribution in [0, 0.1) is 0 Å². The molecule has 0 aromatic rings. The summed E-state index contributed by atoms with van der Waals surface area (Å²) in [7, 11) is 5.96. The predicted molar refractivity (Wildman–Crippen MR) is 177 cm³/mol. The van der Waals surface area contributed by atoms with E-state index in [4.69, 9.17) is 0 Å². The molecule has 0 amide bonds. The van der Waals surface area contributed by atoms with E-state index in [0.29, 0.717) is 17.3 Å². The number of ketones is 1. The zero-order valence-corrected chi connectivity index (χ0v) is 28.5. The first-order valence-electron chi connectivity index (χ1n) is 17.2. The number of allylic oxidation sites excluding steroid dienone is 2.